The van der Waals surface area contributed by atoms with Crippen molar-refractivity contribution in [2.24, 2.45) is 0 Å². The van der Waals surface area contributed by atoms with Gasteiger partial charge >= 0.3 is 0 Å². The van der Waals surface area contributed by atoms with E-state index in [1.165, 1.54) is 12.1 Å². The molecule has 1 amide bonds. The lowest BCUT2D eigenvalue weighted by Crippen LogP contribution is -2.55. The number of alkyl halides is 1. The van der Waals surface area contributed by atoms with Gasteiger partial charge in [0.1, 0.15) is 5.82 Å². The molecule has 0 spiro atoms. The topological polar surface area (TPSA) is 29.1 Å². The van der Waals surface area contributed by atoms with Crippen LogP contribution in [-0.2, 0) is 0 Å². The Kier molecular flexibility index (Phi) is 3.73. The van der Waals surface area contributed by atoms with Gasteiger partial charge in [-0.3, -0.25) is 4.79 Å². The summed E-state index contributed by atoms with van der Waals surface area (Å²) in [6, 6.07) is 4.41. The molecule has 1 aromatic carbocycles. The number of hydrogen-bond acceptors (Lipinski definition) is 1. The van der Waals surface area contributed by atoms with Crippen molar-refractivity contribution >= 4 is 33.4 Å². The number of rotatable bonds is 3. The number of carbonyl (C=O) groups excluding carboxylic acids is 1. The Morgan fingerprint density at radius 1 is 1.53 bits per heavy atom. The number of hydrogen-bond donors (Lipinski definition) is 1. The van der Waals surface area contributed by atoms with Gasteiger partial charge in [0, 0.05) is 5.88 Å². The molecule has 0 radical (unpaired) electrons. The highest BCUT2D eigenvalue weighted by atomic mass is 79.9. The highest BCUT2D eigenvalue weighted by Crippen LogP contribution is 2.33. The van der Waals surface area contributed by atoms with E-state index in [-0.39, 0.29) is 15.9 Å². The van der Waals surface area contributed by atoms with E-state index in [0.29, 0.717) is 11.4 Å². The number of benzene rings is 1. The maximum atomic E-state index is 13.3. The van der Waals surface area contributed by atoms with Crippen LogP contribution in [0.25, 0.3) is 0 Å². The Labute approximate surface area is 113 Å². The summed E-state index contributed by atoms with van der Waals surface area (Å²) in [5.74, 6) is -0.325. The third-order valence-electron chi connectivity index (χ3n) is 3.14. The number of carbonyl (C=O) groups is 1. The van der Waals surface area contributed by atoms with E-state index in [4.69, 9.17) is 11.6 Å². The molecule has 0 aromatic heterocycles. The maximum Gasteiger partial charge on any atom is 0.253 e. The molecule has 0 bridgehead atoms. The van der Waals surface area contributed by atoms with Gasteiger partial charge in [-0.15, -0.1) is 11.6 Å². The van der Waals surface area contributed by atoms with E-state index in [1.807, 2.05) is 0 Å². The summed E-state index contributed by atoms with van der Waals surface area (Å²) < 4.78 is 13.5. The Morgan fingerprint density at radius 2 is 2.24 bits per heavy atom. The zero-order chi connectivity index (χ0) is 12.5. The fourth-order valence-electron chi connectivity index (χ4n) is 1.88. The highest BCUT2D eigenvalue weighted by molar-refractivity contribution is 9.10. The lowest BCUT2D eigenvalue weighted by Gasteiger charge is -2.41. The lowest BCUT2D eigenvalue weighted by atomic mass is 9.78. The molecule has 5 heteroatoms. The van der Waals surface area contributed by atoms with Gasteiger partial charge < -0.3 is 5.32 Å². The first kappa shape index (κ1) is 12.8. The van der Waals surface area contributed by atoms with Crippen LogP contribution in [0.3, 0.4) is 0 Å². The van der Waals surface area contributed by atoms with Crippen molar-refractivity contribution in [3.8, 4) is 0 Å². The molecule has 92 valence electrons. The molecule has 1 aromatic rings. The number of nitrogens with one attached hydrogen (secondary N) is 1. The van der Waals surface area contributed by atoms with Gasteiger partial charge in [-0.1, -0.05) is 6.07 Å². The first-order valence-corrected chi connectivity index (χ1v) is 6.73. The van der Waals surface area contributed by atoms with Crippen LogP contribution in [0.15, 0.2) is 22.7 Å². The SMILES string of the molecule is O=C(NC1(CCl)CCC1)c1cccc(F)c1Br. The van der Waals surface area contributed by atoms with E-state index < -0.39 is 5.82 Å². The molecule has 1 aliphatic carbocycles. The van der Waals surface area contributed by atoms with Crippen molar-refractivity contribution < 1.29 is 9.18 Å². The Morgan fingerprint density at radius 3 is 2.76 bits per heavy atom. The summed E-state index contributed by atoms with van der Waals surface area (Å²) in [6.07, 6.45) is 2.83. The van der Waals surface area contributed by atoms with E-state index in [9.17, 15) is 9.18 Å². The minimum absolute atomic E-state index is 0.196. The molecule has 0 aliphatic heterocycles. The molecule has 2 rings (SSSR count). The quantitative estimate of drug-likeness (QED) is 0.849. The molecule has 2 nitrogen and oxygen atoms in total. The summed E-state index contributed by atoms with van der Waals surface area (Å²) in [5, 5.41) is 2.90. The minimum Gasteiger partial charge on any atom is -0.345 e. The van der Waals surface area contributed by atoms with E-state index >= 15 is 0 Å². The molecule has 1 saturated carbocycles. The van der Waals surface area contributed by atoms with Crippen molar-refractivity contribution in [1.29, 1.82) is 0 Å². The van der Waals surface area contributed by atoms with Gasteiger partial charge in [0.15, 0.2) is 0 Å². The van der Waals surface area contributed by atoms with Crippen LogP contribution >= 0.6 is 27.5 Å². The molecular weight excluding hydrogens is 308 g/mol. The van der Waals surface area contributed by atoms with Crippen LogP contribution in [-0.4, -0.2) is 17.3 Å². The van der Waals surface area contributed by atoms with Crippen LogP contribution in [0.5, 0.6) is 0 Å². The van der Waals surface area contributed by atoms with Gasteiger partial charge in [-0.05, 0) is 47.3 Å². The first-order chi connectivity index (χ1) is 8.08. The van der Waals surface area contributed by atoms with Crippen LogP contribution in [0.4, 0.5) is 4.39 Å². The predicted molar refractivity (Wildman–Crippen MR) is 68.9 cm³/mol. The third kappa shape index (κ3) is 2.47. The van der Waals surface area contributed by atoms with E-state index in [1.54, 1.807) is 6.07 Å². The Bertz CT molecular complexity index is 443. The third-order valence-corrected chi connectivity index (χ3v) is 4.46. The van der Waals surface area contributed by atoms with Crippen molar-refractivity contribution in [1.82, 2.24) is 5.32 Å². The monoisotopic (exact) mass is 319 g/mol. The maximum absolute atomic E-state index is 13.3. The van der Waals surface area contributed by atoms with Crippen LogP contribution in [0.1, 0.15) is 29.6 Å². The number of amides is 1. The molecule has 1 aliphatic rings. The average molecular weight is 321 g/mol. The molecule has 1 N–H and O–H groups in total. The molecule has 17 heavy (non-hydrogen) atoms. The van der Waals surface area contributed by atoms with Gasteiger partial charge in [0.2, 0.25) is 0 Å². The predicted octanol–water partition coefficient (Wildman–Crippen LogP) is 3.48. The number of halogens is 3. The molecule has 0 atom stereocenters. The summed E-state index contributed by atoms with van der Waals surface area (Å²) in [4.78, 5) is 12.0. The van der Waals surface area contributed by atoms with Crippen molar-refractivity contribution in [2.45, 2.75) is 24.8 Å². The summed E-state index contributed by atoms with van der Waals surface area (Å²) in [7, 11) is 0. The van der Waals surface area contributed by atoms with Crippen LogP contribution < -0.4 is 5.32 Å². The van der Waals surface area contributed by atoms with Gasteiger partial charge in [0.25, 0.3) is 5.91 Å². The summed E-state index contributed by atoms with van der Waals surface area (Å²) in [6.45, 7) is 0. The Hall–Kier alpha value is -0.610. The zero-order valence-corrected chi connectivity index (χ0v) is 11.4. The smallest absolute Gasteiger partial charge is 0.253 e. The van der Waals surface area contributed by atoms with Crippen molar-refractivity contribution in [2.75, 3.05) is 5.88 Å². The zero-order valence-electron chi connectivity index (χ0n) is 9.10. The minimum atomic E-state index is -0.439. The lowest BCUT2D eigenvalue weighted by molar-refractivity contribution is 0.0852. The largest absolute Gasteiger partial charge is 0.345 e. The average Bonchev–Trinajstić information content (AvgIpc) is 2.27. The molecular formula is C12H12BrClFNO. The van der Waals surface area contributed by atoms with Crippen LogP contribution in [0, 0.1) is 5.82 Å². The van der Waals surface area contributed by atoms with Gasteiger partial charge in [-0.25, -0.2) is 4.39 Å². The second-order valence-corrected chi connectivity index (χ2v) is 5.38. The highest BCUT2D eigenvalue weighted by Gasteiger charge is 2.38. The van der Waals surface area contributed by atoms with Gasteiger partial charge in [-0.2, -0.15) is 0 Å². The summed E-state index contributed by atoms with van der Waals surface area (Å²) in [5.41, 5.74) is 0.00565. The fraction of sp³-hybridized carbons (Fsp3) is 0.417. The van der Waals surface area contributed by atoms with E-state index in [0.717, 1.165) is 19.3 Å². The normalized spacial score (nSPS) is 17.4. The van der Waals surface area contributed by atoms with Gasteiger partial charge in [0.05, 0.1) is 15.6 Å². The fourth-order valence-corrected chi connectivity index (χ4v) is 2.66. The van der Waals surface area contributed by atoms with Crippen molar-refractivity contribution in [3.63, 3.8) is 0 Å². The Balaban J connectivity index is 2.17. The molecule has 0 unspecified atom stereocenters. The molecule has 0 saturated heterocycles. The standard InChI is InChI=1S/C12H12BrClFNO/c13-10-8(3-1-4-9(10)15)11(17)16-12(7-14)5-2-6-12/h1,3-4H,2,5-7H2,(H,16,17). The van der Waals surface area contributed by atoms with Crippen molar-refractivity contribution in [3.05, 3.63) is 34.1 Å². The molecule has 0 heterocycles. The molecule has 1 fully saturated rings. The van der Waals surface area contributed by atoms with Crippen LogP contribution in [0.2, 0.25) is 0 Å². The second-order valence-electron chi connectivity index (χ2n) is 4.32. The second kappa shape index (κ2) is 4.94. The van der Waals surface area contributed by atoms with E-state index in [2.05, 4.69) is 21.2 Å². The first-order valence-electron chi connectivity index (χ1n) is 5.40. The summed E-state index contributed by atoms with van der Waals surface area (Å²) >= 11 is 8.94.